The van der Waals surface area contributed by atoms with Crippen LogP contribution in [0, 0.1) is 5.92 Å². The van der Waals surface area contributed by atoms with Crippen LogP contribution in [0.2, 0.25) is 0 Å². The van der Waals surface area contributed by atoms with Crippen LogP contribution in [-0.4, -0.2) is 30.6 Å². The zero-order chi connectivity index (χ0) is 16.2. The van der Waals surface area contributed by atoms with E-state index in [4.69, 9.17) is 10.5 Å². The smallest absolute Gasteiger partial charge is 0.119 e. The maximum atomic E-state index is 6.53. The van der Waals surface area contributed by atoms with Crippen LogP contribution in [0.3, 0.4) is 0 Å². The predicted molar refractivity (Wildman–Crippen MR) is 95.9 cm³/mol. The first-order valence-electron chi connectivity index (χ1n) is 9.48. The van der Waals surface area contributed by atoms with E-state index < -0.39 is 0 Å². The van der Waals surface area contributed by atoms with E-state index in [2.05, 4.69) is 36.9 Å². The second kappa shape index (κ2) is 7.67. The number of piperidine rings is 1. The Morgan fingerprint density at radius 1 is 1.26 bits per heavy atom. The summed E-state index contributed by atoms with van der Waals surface area (Å²) in [6.45, 7) is 7.57. The van der Waals surface area contributed by atoms with Crippen LogP contribution in [0.25, 0.3) is 0 Å². The number of unbranched alkanes of at least 4 members (excludes halogenated alkanes) is 1. The molecule has 0 aliphatic carbocycles. The van der Waals surface area contributed by atoms with E-state index in [9.17, 15) is 0 Å². The molecule has 3 nitrogen and oxygen atoms in total. The van der Waals surface area contributed by atoms with Gasteiger partial charge in [0.25, 0.3) is 0 Å². The molecule has 3 unspecified atom stereocenters. The van der Waals surface area contributed by atoms with Crippen LogP contribution in [0.4, 0.5) is 0 Å². The highest BCUT2D eigenvalue weighted by atomic mass is 16.5. The van der Waals surface area contributed by atoms with Crippen molar-refractivity contribution in [2.45, 2.75) is 64.5 Å². The van der Waals surface area contributed by atoms with E-state index in [1.54, 1.807) is 0 Å². The van der Waals surface area contributed by atoms with Crippen LogP contribution in [0.5, 0.6) is 5.75 Å². The molecule has 128 valence electrons. The first-order valence-corrected chi connectivity index (χ1v) is 9.48. The third kappa shape index (κ3) is 3.72. The maximum absolute atomic E-state index is 6.53. The minimum atomic E-state index is 0.352. The number of hydrogen-bond acceptors (Lipinski definition) is 3. The van der Waals surface area contributed by atoms with Gasteiger partial charge in [-0.1, -0.05) is 32.8 Å². The first-order chi connectivity index (χ1) is 11.2. The van der Waals surface area contributed by atoms with E-state index in [0.717, 1.165) is 31.6 Å². The highest BCUT2D eigenvalue weighted by molar-refractivity contribution is 5.39. The van der Waals surface area contributed by atoms with Crippen molar-refractivity contribution in [1.29, 1.82) is 0 Å². The van der Waals surface area contributed by atoms with E-state index in [1.165, 1.54) is 43.5 Å². The first kappa shape index (κ1) is 16.8. The quantitative estimate of drug-likeness (QED) is 0.864. The molecule has 0 spiro atoms. The topological polar surface area (TPSA) is 38.5 Å². The van der Waals surface area contributed by atoms with E-state index >= 15 is 0 Å². The Labute approximate surface area is 141 Å². The molecule has 0 amide bonds. The lowest BCUT2D eigenvalue weighted by molar-refractivity contribution is 0.0785. The Hall–Kier alpha value is -1.06. The molecule has 0 radical (unpaired) electrons. The molecule has 3 rings (SSSR count). The highest BCUT2D eigenvalue weighted by Crippen LogP contribution is 2.40. The molecule has 1 saturated heterocycles. The number of fused-ring (bicyclic) bond motifs is 3. The SMILES string of the molecule is CCCCC1CN2CCc3cc(OCCC)ccc3C2CC1N. The van der Waals surface area contributed by atoms with Crippen molar-refractivity contribution in [2.24, 2.45) is 11.7 Å². The number of rotatable bonds is 6. The number of nitrogens with two attached hydrogens (primary N) is 1. The van der Waals surface area contributed by atoms with Crippen molar-refractivity contribution in [2.75, 3.05) is 19.7 Å². The van der Waals surface area contributed by atoms with Crippen molar-refractivity contribution >= 4 is 0 Å². The normalized spacial score (nSPS) is 27.3. The molecule has 0 saturated carbocycles. The molecule has 1 aromatic carbocycles. The van der Waals surface area contributed by atoms with Gasteiger partial charge in [-0.3, -0.25) is 4.90 Å². The van der Waals surface area contributed by atoms with Crippen LogP contribution in [0.1, 0.15) is 63.1 Å². The third-order valence-corrected chi connectivity index (χ3v) is 5.55. The molecule has 1 aromatic rings. The van der Waals surface area contributed by atoms with Gasteiger partial charge in [0, 0.05) is 25.2 Å². The largest absolute Gasteiger partial charge is 0.494 e. The molecule has 2 N–H and O–H groups in total. The fourth-order valence-corrected chi connectivity index (χ4v) is 4.20. The number of benzene rings is 1. The monoisotopic (exact) mass is 316 g/mol. The van der Waals surface area contributed by atoms with Gasteiger partial charge in [-0.25, -0.2) is 0 Å². The summed E-state index contributed by atoms with van der Waals surface area (Å²) >= 11 is 0. The van der Waals surface area contributed by atoms with Gasteiger partial charge in [-0.15, -0.1) is 0 Å². The van der Waals surface area contributed by atoms with Crippen LogP contribution >= 0.6 is 0 Å². The predicted octanol–water partition coefficient (Wildman–Crippen LogP) is 3.91. The van der Waals surface area contributed by atoms with Crippen LogP contribution in [0.15, 0.2) is 18.2 Å². The van der Waals surface area contributed by atoms with Gasteiger partial charge in [-0.05, 0) is 54.9 Å². The summed E-state index contributed by atoms with van der Waals surface area (Å²) in [4.78, 5) is 2.68. The molecule has 2 aliphatic heterocycles. The Bertz CT molecular complexity index is 516. The van der Waals surface area contributed by atoms with Crippen molar-refractivity contribution in [1.82, 2.24) is 4.90 Å². The Morgan fingerprint density at radius 2 is 2.13 bits per heavy atom. The fraction of sp³-hybridized carbons (Fsp3) is 0.700. The summed E-state index contributed by atoms with van der Waals surface area (Å²) in [6, 6.07) is 7.57. The van der Waals surface area contributed by atoms with Gasteiger partial charge >= 0.3 is 0 Å². The number of hydrogen-bond donors (Lipinski definition) is 1. The average molecular weight is 316 g/mol. The van der Waals surface area contributed by atoms with Crippen molar-refractivity contribution in [3.63, 3.8) is 0 Å². The number of ether oxygens (including phenoxy) is 1. The molecular weight excluding hydrogens is 284 g/mol. The van der Waals surface area contributed by atoms with Crippen LogP contribution < -0.4 is 10.5 Å². The zero-order valence-corrected chi connectivity index (χ0v) is 14.8. The van der Waals surface area contributed by atoms with Gasteiger partial charge in [0.05, 0.1) is 6.61 Å². The maximum Gasteiger partial charge on any atom is 0.119 e. The zero-order valence-electron chi connectivity index (χ0n) is 14.8. The lowest BCUT2D eigenvalue weighted by atomic mass is 9.79. The van der Waals surface area contributed by atoms with E-state index in [-0.39, 0.29) is 0 Å². The van der Waals surface area contributed by atoms with Crippen LogP contribution in [-0.2, 0) is 6.42 Å². The van der Waals surface area contributed by atoms with Gasteiger partial charge in [-0.2, -0.15) is 0 Å². The van der Waals surface area contributed by atoms with E-state index in [0.29, 0.717) is 18.0 Å². The molecule has 23 heavy (non-hydrogen) atoms. The van der Waals surface area contributed by atoms with Gasteiger partial charge in [0.2, 0.25) is 0 Å². The number of nitrogens with zero attached hydrogens (tertiary/aromatic N) is 1. The minimum absolute atomic E-state index is 0.352. The molecule has 2 aliphatic rings. The molecule has 1 fully saturated rings. The Morgan fingerprint density at radius 3 is 2.91 bits per heavy atom. The second-order valence-corrected chi connectivity index (χ2v) is 7.27. The minimum Gasteiger partial charge on any atom is -0.494 e. The Balaban J connectivity index is 1.72. The summed E-state index contributed by atoms with van der Waals surface area (Å²) in [7, 11) is 0. The summed E-state index contributed by atoms with van der Waals surface area (Å²) in [6.07, 6.45) is 7.18. The Kier molecular flexibility index (Phi) is 5.60. The van der Waals surface area contributed by atoms with Crippen molar-refractivity contribution in [3.05, 3.63) is 29.3 Å². The summed E-state index contributed by atoms with van der Waals surface area (Å²) in [5.74, 6) is 1.71. The standard InChI is InChI=1S/C20H32N2O/c1-3-5-6-16-14-22-10-9-15-12-17(23-11-4-2)7-8-18(15)20(22)13-19(16)21/h7-8,12,16,19-20H,3-6,9-11,13-14,21H2,1-2H3. The second-order valence-electron chi connectivity index (χ2n) is 7.27. The van der Waals surface area contributed by atoms with Gasteiger partial charge in [0.15, 0.2) is 0 Å². The molecule has 3 heteroatoms. The summed E-state index contributed by atoms with van der Waals surface area (Å²) in [5.41, 5.74) is 9.49. The molecular formula is C20H32N2O. The van der Waals surface area contributed by atoms with E-state index in [1.807, 2.05) is 0 Å². The lowest BCUT2D eigenvalue weighted by Gasteiger charge is -2.46. The molecule has 0 aromatic heterocycles. The summed E-state index contributed by atoms with van der Waals surface area (Å²) in [5, 5.41) is 0. The fourth-order valence-electron chi connectivity index (χ4n) is 4.20. The van der Waals surface area contributed by atoms with Crippen molar-refractivity contribution in [3.8, 4) is 5.75 Å². The highest BCUT2D eigenvalue weighted by Gasteiger charge is 2.36. The lowest BCUT2D eigenvalue weighted by Crippen LogP contribution is -2.50. The third-order valence-electron chi connectivity index (χ3n) is 5.55. The summed E-state index contributed by atoms with van der Waals surface area (Å²) < 4.78 is 5.80. The molecule has 3 atom stereocenters. The van der Waals surface area contributed by atoms with Gasteiger partial charge in [0.1, 0.15) is 5.75 Å². The van der Waals surface area contributed by atoms with Gasteiger partial charge < -0.3 is 10.5 Å². The molecule has 2 heterocycles. The van der Waals surface area contributed by atoms with Crippen molar-refractivity contribution < 1.29 is 4.74 Å². The molecule has 0 bridgehead atoms. The average Bonchev–Trinajstić information content (AvgIpc) is 2.58.